The Morgan fingerprint density at radius 1 is 1.45 bits per heavy atom. The van der Waals surface area contributed by atoms with Crippen molar-refractivity contribution in [1.82, 2.24) is 4.72 Å². The molecule has 0 bridgehead atoms. The number of carboxylic acids is 1. The maximum Gasteiger partial charge on any atom is 0.347 e. The largest absolute Gasteiger partial charge is 0.477 e. The summed E-state index contributed by atoms with van der Waals surface area (Å²) in [6.45, 7) is 0. The molecule has 0 amide bonds. The summed E-state index contributed by atoms with van der Waals surface area (Å²) in [6.07, 6.45) is 0.815. The number of sulfone groups is 1. The van der Waals surface area contributed by atoms with Gasteiger partial charge < -0.3 is 5.11 Å². The summed E-state index contributed by atoms with van der Waals surface area (Å²) >= 11 is 0.809. The lowest BCUT2D eigenvalue weighted by molar-refractivity contribution is 0.0698. The molecule has 1 atom stereocenters. The van der Waals surface area contributed by atoms with Crippen LogP contribution >= 0.6 is 11.3 Å². The predicted molar refractivity (Wildman–Crippen MR) is 73.3 cm³/mol. The van der Waals surface area contributed by atoms with Gasteiger partial charge >= 0.3 is 5.97 Å². The molecular formula is C10H13NO6S3. The highest BCUT2D eigenvalue weighted by Gasteiger charge is 2.31. The van der Waals surface area contributed by atoms with Gasteiger partial charge in [0, 0.05) is 6.04 Å². The summed E-state index contributed by atoms with van der Waals surface area (Å²) < 4.78 is 49.5. The van der Waals surface area contributed by atoms with E-state index in [4.69, 9.17) is 5.11 Å². The van der Waals surface area contributed by atoms with Crippen molar-refractivity contribution >= 4 is 37.2 Å². The summed E-state index contributed by atoms with van der Waals surface area (Å²) in [5.41, 5.74) is 0. The van der Waals surface area contributed by atoms with Crippen molar-refractivity contribution in [3.05, 3.63) is 16.3 Å². The van der Waals surface area contributed by atoms with Crippen LogP contribution in [0.4, 0.5) is 0 Å². The number of nitrogens with one attached hydrogen (secondary N) is 1. The second-order valence-electron chi connectivity index (χ2n) is 4.49. The lowest BCUT2D eigenvalue weighted by atomic mass is 10.2. The van der Waals surface area contributed by atoms with E-state index in [0.717, 1.165) is 11.3 Å². The van der Waals surface area contributed by atoms with Gasteiger partial charge in [-0.05, 0) is 24.3 Å². The molecule has 0 aliphatic carbocycles. The van der Waals surface area contributed by atoms with Gasteiger partial charge in [-0.1, -0.05) is 0 Å². The fourth-order valence-corrected chi connectivity index (χ4v) is 6.34. The topological polar surface area (TPSA) is 118 Å². The molecule has 1 aromatic rings. The molecule has 2 N–H and O–H groups in total. The van der Waals surface area contributed by atoms with Crippen LogP contribution in [0, 0.1) is 0 Å². The third kappa shape index (κ3) is 3.37. The molecule has 20 heavy (non-hydrogen) atoms. The van der Waals surface area contributed by atoms with Gasteiger partial charge in [0.15, 0.2) is 9.84 Å². The Hall–Kier alpha value is -0.970. The Labute approximate surface area is 120 Å². The van der Waals surface area contributed by atoms with Crippen molar-refractivity contribution in [3.63, 3.8) is 0 Å². The summed E-state index contributed by atoms with van der Waals surface area (Å²) in [4.78, 5) is 10.3. The molecule has 0 saturated carbocycles. The van der Waals surface area contributed by atoms with Crippen LogP contribution in [0.1, 0.15) is 22.5 Å². The van der Waals surface area contributed by atoms with Crippen molar-refractivity contribution in [2.24, 2.45) is 0 Å². The first-order valence-corrected chi connectivity index (χ1v) is 9.93. The van der Waals surface area contributed by atoms with E-state index < -0.39 is 31.9 Å². The SMILES string of the molecule is O=C(O)c1sccc1S(=O)(=O)NC1CCCS(=O)(=O)C1. The molecule has 1 unspecified atom stereocenters. The Morgan fingerprint density at radius 2 is 2.15 bits per heavy atom. The molecule has 1 aliphatic rings. The van der Waals surface area contributed by atoms with Crippen LogP contribution < -0.4 is 4.72 Å². The molecule has 0 spiro atoms. The van der Waals surface area contributed by atoms with Crippen molar-refractivity contribution < 1.29 is 26.7 Å². The number of rotatable bonds is 4. The van der Waals surface area contributed by atoms with Crippen LogP contribution in [-0.2, 0) is 19.9 Å². The van der Waals surface area contributed by atoms with E-state index >= 15 is 0 Å². The Kier molecular flexibility index (Phi) is 4.19. The summed E-state index contributed by atoms with van der Waals surface area (Å²) in [5, 5.41) is 10.3. The van der Waals surface area contributed by atoms with Crippen molar-refractivity contribution in [2.75, 3.05) is 11.5 Å². The zero-order chi connectivity index (χ0) is 15.0. The van der Waals surface area contributed by atoms with Crippen LogP contribution in [-0.4, -0.2) is 45.5 Å². The third-order valence-electron chi connectivity index (χ3n) is 2.90. The maximum absolute atomic E-state index is 12.1. The van der Waals surface area contributed by atoms with E-state index in [9.17, 15) is 21.6 Å². The van der Waals surface area contributed by atoms with Gasteiger partial charge in [0.05, 0.1) is 11.5 Å². The lowest BCUT2D eigenvalue weighted by Crippen LogP contribution is -2.43. The van der Waals surface area contributed by atoms with Gasteiger partial charge in [0.1, 0.15) is 9.77 Å². The predicted octanol–water partition coefficient (Wildman–Crippen LogP) is 0.302. The van der Waals surface area contributed by atoms with E-state index in [0.29, 0.717) is 12.8 Å². The summed E-state index contributed by atoms with van der Waals surface area (Å²) in [5.74, 6) is -1.51. The van der Waals surface area contributed by atoms with Crippen LogP contribution in [0.3, 0.4) is 0 Å². The number of sulfonamides is 1. The fraction of sp³-hybridized carbons (Fsp3) is 0.500. The monoisotopic (exact) mass is 339 g/mol. The first-order chi connectivity index (χ1) is 9.21. The lowest BCUT2D eigenvalue weighted by Gasteiger charge is -2.22. The highest BCUT2D eigenvalue weighted by atomic mass is 32.2. The standard InChI is InChI=1S/C10H13NO6S3/c12-10(13)9-8(3-4-18-9)20(16,17)11-7-2-1-5-19(14,15)6-7/h3-4,7,11H,1-2,5-6H2,(H,12,13). The maximum atomic E-state index is 12.1. The molecule has 2 heterocycles. The first-order valence-electron chi connectivity index (χ1n) is 5.75. The molecule has 1 aliphatic heterocycles. The first kappa shape index (κ1) is 15.4. The summed E-state index contributed by atoms with van der Waals surface area (Å²) in [7, 11) is -7.27. The highest BCUT2D eigenvalue weighted by molar-refractivity contribution is 7.91. The van der Waals surface area contributed by atoms with Crippen molar-refractivity contribution in [2.45, 2.75) is 23.8 Å². The third-order valence-corrected chi connectivity index (χ3v) is 7.31. The normalized spacial score (nSPS) is 22.5. The molecule has 0 aromatic carbocycles. The van der Waals surface area contributed by atoms with Crippen LogP contribution in [0.5, 0.6) is 0 Å². The minimum absolute atomic E-state index is 0.0596. The van der Waals surface area contributed by atoms with E-state index in [1.54, 1.807) is 0 Å². The van der Waals surface area contributed by atoms with Gasteiger partial charge in [0.2, 0.25) is 10.0 Å². The zero-order valence-electron chi connectivity index (χ0n) is 10.3. The molecule has 0 radical (unpaired) electrons. The van der Waals surface area contributed by atoms with Gasteiger partial charge in [-0.3, -0.25) is 0 Å². The van der Waals surface area contributed by atoms with Gasteiger partial charge in [-0.25, -0.2) is 26.4 Å². The second-order valence-corrected chi connectivity index (χ2v) is 9.32. The molecule has 1 fully saturated rings. The number of carbonyl (C=O) groups is 1. The molecule has 1 saturated heterocycles. The number of hydrogen-bond donors (Lipinski definition) is 2. The Balaban J connectivity index is 2.23. The van der Waals surface area contributed by atoms with Gasteiger partial charge in [-0.15, -0.1) is 11.3 Å². The zero-order valence-corrected chi connectivity index (χ0v) is 12.7. The van der Waals surface area contributed by atoms with E-state index in [-0.39, 0.29) is 21.3 Å². The number of thiophene rings is 1. The smallest absolute Gasteiger partial charge is 0.347 e. The molecule has 2 rings (SSSR count). The second kappa shape index (κ2) is 5.43. The van der Waals surface area contributed by atoms with E-state index in [1.807, 2.05) is 0 Å². The minimum Gasteiger partial charge on any atom is -0.477 e. The fourth-order valence-electron chi connectivity index (χ4n) is 2.06. The van der Waals surface area contributed by atoms with Gasteiger partial charge in [0.25, 0.3) is 0 Å². The van der Waals surface area contributed by atoms with Crippen LogP contribution in [0.15, 0.2) is 16.3 Å². The van der Waals surface area contributed by atoms with Crippen molar-refractivity contribution in [1.29, 1.82) is 0 Å². The molecule has 112 valence electrons. The highest BCUT2D eigenvalue weighted by Crippen LogP contribution is 2.23. The molecule has 1 aromatic heterocycles. The number of aromatic carboxylic acids is 1. The molecule has 7 nitrogen and oxygen atoms in total. The minimum atomic E-state index is -4.03. The quantitative estimate of drug-likeness (QED) is 0.815. The van der Waals surface area contributed by atoms with Crippen molar-refractivity contribution in [3.8, 4) is 0 Å². The number of carboxylic acid groups (broad SMARTS) is 1. The van der Waals surface area contributed by atoms with E-state index in [2.05, 4.69) is 4.72 Å². The molecule has 10 heteroatoms. The Bertz CT molecular complexity index is 718. The summed E-state index contributed by atoms with van der Waals surface area (Å²) in [6, 6.07) is 0.494. The molecular weight excluding hydrogens is 326 g/mol. The average Bonchev–Trinajstić information content (AvgIpc) is 2.76. The van der Waals surface area contributed by atoms with Crippen LogP contribution in [0.2, 0.25) is 0 Å². The number of hydrogen-bond acceptors (Lipinski definition) is 6. The van der Waals surface area contributed by atoms with E-state index in [1.165, 1.54) is 11.4 Å². The Morgan fingerprint density at radius 3 is 2.75 bits per heavy atom. The van der Waals surface area contributed by atoms with Gasteiger partial charge in [-0.2, -0.15) is 0 Å². The average molecular weight is 339 g/mol. The van der Waals surface area contributed by atoms with Crippen LogP contribution in [0.25, 0.3) is 0 Å².